The monoisotopic (exact) mass is 452 g/mol. The van der Waals surface area contributed by atoms with Gasteiger partial charge in [-0.25, -0.2) is 0 Å². The van der Waals surface area contributed by atoms with Crippen LogP contribution >= 0.6 is 11.6 Å². The largest absolute Gasteiger partial charge is 0.469 e. The van der Waals surface area contributed by atoms with E-state index in [0.717, 1.165) is 5.56 Å². The van der Waals surface area contributed by atoms with Gasteiger partial charge in [-0.1, -0.05) is 60.1 Å². The van der Waals surface area contributed by atoms with Crippen LogP contribution in [-0.2, 0) is 19.1 Å². The van der Waals surface area contributed by atoms with Crippen LogP contribution in [0.2, 0.25) is 5.02 Å². The molecule has 1 fully saturated rings. The van der Waals surface area contributed by atoms with Gasteiger partial charge in [0.15, 0.2) is 5.78 Å². The van der Waals surface area contributed by atoms with Crippen molar-refractivity contribution in [2.75, 3.05) is 14.2 Å². The zero-order valence-electron chi connectivity index (χ0n) is 17.5. The Morgan fingerprint density at radius 1 is 0.906 bits per heavy atom. The molecule has 0 radical (unpaired) electrons. The number of hydrogen-bond donors (Lipinski definition) is 0. The van der Waals surface area contributed by atoms with E-state index in [-0.39, 0.29) is 5.78 Å². The van der Waals surface area contributed by atoms with Gasteiger partial charge in [0, 0.05) is 16.1 Å². The molecule has 0 amide bonds. The zero-order chi connectivity index (χ0) is 22.8. The second-order valence-corrected chi connectivity index (χ2v) is 7.93. The first-order valence-corrected chi connectivity index (χ1v) is 10.4. The van der Waals surface area contributed by atoms with Gasteiger partial charge in [0.05, 0.1) is 31.9 Å². The highest BCUT2D eigenvalue weighted by Gasteiger charge is 2.59. The van der Waals surface area contributed by atoms with Crippen molar-refractivity contribution in [3.8, 4) is 0 Å². The second-order valence-electron chi connectivity index (χ2n) is 7.49. The van der Waals surface area contributed by atoms with Gasteiger partial charge < -0.3 is 9.47 Å². The van der Waals surface area contributed by atoms with Crippen LogP contribution in [0, 0.1) is 11.8 Å². The maximum atomic E-state index is 13.6. The Kier molecular flexibility index (Phi) is 6.10. The number of hydrogen-bond acceptors (Lipinski definition) is 7. The minimum Gasteiger partial charge on any atom is -0.469 e. The number of carbonyl (C=O) groups is 3. The molecular formula is C24H21ClN2O5. The van der Waals surface area contributed by atoms with E-state index in [0.29, 0.717) is 16.3 Å². The van der Waals surface area contributed by atoms with Crippen LogP contribution in [0.5, 0.6) is 0 Å². The average Bonchev–Trinajstić information content (AvgIpc) is 3.18. The summed E-state index contributed by atoms with van der Waals surface area (Å²) in [7, 11) is 2.48. The third-order valence-corrected chi connectivity index (χ3v) is 6.03. The highest BCUT2D eigenvalue weighted by molar-refractivity contribution is 6.30. The number of ketones is 1. The molecule has 2 aliphatic heterocycles. The highest BCUT2D eigenvalue weighted by atomic mass is 35.5. The molecule has 2 aromatic rings. The van der Waals surface area contributed by atoms with Gasteiger partial charge in [-0.05, 0) is 18.2 Å². The van der Waals surface area contributed by atoms with E-state index in [9.17, 15) is 14.4 Å². The van der Waals surface area contributed by atoms with E-state index in [1.165, 1.54) is 19.2 Å². The molecule has 8 heteroatoms. The third kappa shape index (κ3) is 3.80. The molecule has 1 saturated heterocycles. The summed E-state index contributed by atoms with van der Waals surface area (Å²) in [5.41, 5.74) is 1.78. The number of rotatable bonds is 5. The minimum absolute atomic E-state index is 0.327. The van der Waals surface area contributed by atoms with Crippen molar-refractivity contribution in [2.45, 2.75) is 12.1 Å². The normalized spacial score (nSPS) is 23.8. The molecule has 2 aliphatic rings. The second kappa shape index (κ2) is 8.96. The number of nitrogens with zero attached hydrogens (tertiary/aromatic N) is 2. The number of Topliss-reactive ketones (excluding diaryl/α,β-unsaturated/α-hetero) is 1. The molecule has 0 aliphatic carbocycles. The van der Waals surface area contributed by atoms with Crippen molar-refractivity contribution >= 4 is 35.0 Å². The Bertz CT molecular complexity index is 1100. The molecule has 0 bridgehead atoms. The predicted octanol–water partition coefficient (Wildman–Crippen LogP) is 3.13. The Labute approximate surface area is 190 Å². The molecule has 164 valence electrons. The molecular weight excluding hydrogens is 432 g/mol. The molecule has 0 saturated carbocycles. The number of carbonyl (C=O) groups excluding carboxylic acids is 3. The van der Waals surface area contributed by atoms with Crippen molar-refractivity contribution in [1.82, 2.24) is 5.01 Å². The fourth-order valence-electron chi connectivity index (χ4n) is 4.27. The fourth-order valence-corrected chi connectivity index (χ4v) is 4.40. The molecule has 7 nitrogen and oxygen atoms in total. The predicted molar refractivity (Wildman–Crippen MR) is 118 cm³/mol. The van der Waals surface area contributed by atoms with E-state index >= 15 is 0 Å². The Balaban J connectivity index is 1.83. The molecule has 0 spiro atoms. The lowest BCUT2D eigenvalue weighted by Gasteiger charge is -2.29. The van der Waals surface area contributed by atoms with Gasteiger partial charge in [0.25, 0.3) is 0 Å². The van der Waals surface area contributed by atoms with Crippen molar-refractivity contribution in [1.29, 1.82) is 0 Å². The number of halogens is 1. The van der Waals surface area contributed by atoms with Crippen LogP contribution in [0.15, 0.2) is 71.9 Å². The SMILES string of the molecule is COC(=O)[C@@H]1C(C(=O)c2ccccc2)N2N=C(c3ccc(Cl)cc3)C=CC2[C@@H]1C(=O)OC. The standard InChI is InChI=1S/C24H21ClN2O5/c1-31-23(29)19-18-13-12-17(14-8-10-16(25)11-9-14)26-27(18)21(20(19)24(30)32-2)22(28)15-6-4-3-5-7-15/h3-13,18-21H,1-2H3/t18?,19-,20-,21?/m0/s1. The quantitative estimate of drug-likeness (QED) is 0.512. The number of methoxy groups -OCH3 is 2. The number of esters is 2. The first-order valence-electron chi connectivity index (χ1n) is 10.0. The summed E-state index contributed by atoms with van der Waals surface area (Å²) in [6, 6.07) is 14.0. The van der Waals surface area contributed by atoms with E-state index in [4.69, 9.17) is 21.1 Å². The summed E-state index contributed by atoms with van der Waals surface area (Å²) in [6.07, 6.45) is 3.54. The summed E-state index contributed by atoms with van der Waals surface area (Å²) >= 11 is 6.00. The molecule has 2 heterocycles. The zero-order valence-corrected chi connectivity index (χ0v) is 18.2. The Morgan fingerprint density at radius 2 is 1.53 bits per heavy atom. The summed E-state index contributed by atoms with van der Waals surface area (Å²) in [5.74, 6) is -3.62. The average molecular weight is 453 g/mol. The lowest BCUT2D eigenvalue weighted by molar-refractivity contribution is -0.156. The molecule has 2 unspecified atom stereocenters. The van der Waals surface area contributed by atoms with Gasteiger partial charge >= 0.3 is 11.9 Å². The summed E-state index contributed by atoms with van der Waals surface area (Å²) in [4.78, 5) is 39.1. The van der Waals surface area contributed by atoms with Crippen LogP contribution in [0.1, 0.15) is 15.9 Å². The lowest BCUT2D eigenvalue weighted by Crippen LogP contribution is -2.43. The number of benzene rings is 2. The lowest BCUT2D eigenvalue weighted by atomic mass is 9.84. The first kappa shape index (κ1) is 21.8. The summed E-state index contributed by atoms with van der Waals surface area (Å²) in [6.45, 7) is 0. The molecule has 2 aromatic carbocycles. The van der Waals surface area contributed by atoms with Crippen LogP contribution < -0.4 is 0 Å². The van der Waals surface area contributed by atoms with Crippen molar-refractivity contribution in [2.24, 2.45) is 16.9 Å². The van der Waals surface area contributed by atoms with Gasteiger partial charge in [0.1, 0.15) is 12.0 Å². The van der Waals surface area contributed by atoms with E-state index < -0.39 is 35.9 Å². The minimum atomic E-state index is -1.08. The van der Waals surface area contributed by atoms with Crippen molar-refractivity contribution < 1.29 is 23.9 Å². The Hall–Kier alpha value is -3.45. The van der Waals surface area contributed by atoms with Crippen LogP contribution in [-0.4, -0.2) is 54.7 Å². The highest BCUT2D eigenvalue weighted by Crippen LogP contribution is 2.41. The maximum Gasteiger partial charge on any atom is 0.312 e. The third-order valence-electron chi connectivity index (χ3n) is 5.77. The van der Waals surface area contributed by atoms with Crippen molar-refractivity contribution in [3.05, 3.63) is 82.9 Å². The van der Waals surface area contributed by atoms with Gasteiger partial charge in [-0.15, -0.1) is 0 Å². The fraction of sp³-hybridized carbons (Fsp3) is 0.250. The van der Waals surface area contributed by atoms with Crippen LogP contribution in [0.4, 0.5) is 0 Å². The number of ether oxygens (including phenoxy) is 2. The van der Waals surface area contributed by atoms with E-state index in [2.05, 4.69) is 5.10 Å². The van der Waals surface area contributed by atoms with E-state index in [1.807, 2.05) is 12.1 Å². The molecule has 0 N–H and O–H groups in total. The van der Waals surface area contributed by atoms with E-state index in [1.54, 1.807) is 54.6 Å². The van der Waals surface area contributed by atoms with Crippen LogP contribution in [0.25, 0.3) is 0 Å². The maximum absolute atomic E-state index is 13.6. The Morgan fingerprint density at radius 3 is 2.16 bits per heavy atom. The van der Waals surface area contributed by atoms with Gasteiger partial charge in [-0.2, -0.15) is 5.10 Å². The molecule has 32 heavy (non-hydrogen) atoms. The molecule has 4 rings (SSSR count). The smallest absolute Gasteiger partial charge is 0.312 e. The first-order chi connectivity index (χ1) is 15.5. The molecule has 0 aromatic heterocycles. The molecule has 4 atom stereocenters. The summed E-state index contributed by atoms with van der Waals surface area (Å²) < 4.78 is 9.98. The number of allylic oxidation sites excluding steroid dienone is 1. The van der Waals surface area contributed by atoms with Gasteiger partial charge in [0.2, 0.25) is 0 Å². The number of hydrazone groups is 1. The van der Waals surface area contributed by atoms with Gasteiger partial charge in [-0.3, -0.25) is 19.4 Å². The summed E-state index contributed by atoms with van der Waals surface area (Å²) in [5, 5.41) is 6.80. The number of fused-ring (bicyclic) bond motifs is 1. The van der Waals surface area contributed by atoms with Crippen LogP contribution in [0.3, 0.4) is 0 Å². The van der Waals surface area contributed by atoms with Crippen molar-refractivity contribution in [3.63, 3.8) is 0 Å². The topological polar surface area (TPSA) is 85.3 Å².